The zero-order valence-electron chi connectivity index (χ0n) is 15.2. The molecule has 0 saturated carbocycles. The summed E-state index contributed by atoms with van der Waals surface area (Å²) in [6.07, 6.45) is 0.243. The van der Waals surface area contributed by atoms with Gasteiger partial charge >= 0.3 is 0 Å². The number of nitrogens with zero attached hydrogens (tertiary/aromatic N) is 3. The fourth-order valence-corrected chi connectivity index (χ4v) is 3.34. The summed E-state index contributed by atoms with van der Waals surface area (Å²) in [7, 11) is 1.76. The molecule has 0 spiro atoms. The smallest absolute Gasteiger partial charge is 0.298 e. The normalized spacial score (nSPS) is 16.6. The first-order chi connectivity index (χ1) is 13.0. The predicted molar refractivity (Wildman–Crippen MR) is 104 cm³/mol. The first kappa shape index (κ1) is 17.1. The van der Waals surface area contributed by atoms with Crippen molar-refractivity contribution in [2.24, 2.45) is 0 Å². The van der Waals surface area contributed by atoms with E-state index in [1.807, 2.05) is 49.4 Å². The van der Waals surface area contributed by atoms with Crippen LogP contribution in [0.25, 0.3) is 11.1 Å². The summed E-state index contributed by atoms with van der Waals surface area (Å²) < 4.78 is 5.73. The number of anilines is 3. The van der Waals surface area contributed by atoms with Crippen LogP contribution in [0.4, 0.5) is 17.4 Å². The molecule has 1 aliphatic rings. The average molecular weight is 364 g/mol. The molecule has 1 atom stereocenters. The van der Waals surface area contributed by atoms with Gasteiger partial charge in [0.25, 0.3) is 6.01 Å². The fourth-order valence-electron chi connectivity index (χ4n) is 3.34. The predicted octanol–water partition coefficient (Wildman–Crippen LogP) is 3.03. The summed E-state index contributed by atoms with van der Waals surface area (Å²) in [5.41, 5.74) is 2.77. The quantitative estimate of drug-likeness (QED) is 0.773. The molecule has 0 fully saturated rings. The number of para-hydroxylation sites is 4. The lowest BCUT2D eigenvalue weighted by molar-refractivity contribution is -0.118. The van der Waals surface area contributed by atoms with Crippen LogP contribution < -0.4 is 15.1 Å². The minimum absolute atomic E-state index is 0.0830. The Morgan fingerprint density at radius 3 is 2.81 bits per heavy atom. The molecule has 7 nitrogen and oxygen atoms in total. The number of carbonyl (C=O) groups excluding carboxylic acids is 2. The standard InChI is InChI=1S/C20H20N4O3/c1-13-11-18(25)21-14-7-3-5-9-16(14)24(13)19(26)12-23(2)20-22-15-8-4-6-10-17(15)27-20/h3-10,13H,11-12H2,1-2H3,(H,21,25). The summed E-state index contributed by atoms with van der Waals surface area (Å²) >= 11 is 0. The van der Waals surface area contributed by atoms with Gasteiger partial charge in [-0.25, -0.2) is 0 Å². The maximum absolute atomic E-state index is 13.1. The molecule has 2 heterocycles. The number of carbonyl (C=O) groups is 2. The highest BCUT2D eigenvalue weighted by Gasteiger charge is 2.30. The summed E-state index contributed by atoms with van der Waals surface area (Å²) in [5.74, 6) is -0.228. The number of amides is 2. The summed E-state index contributed by atoms with van der Waals surface area (Å²) in [6, 6.07) is 14.9. The number of rotatable bonds is 3. The molecule has 0 aliphatic carbocycles. The molecule has 1 N–H and O–H groups in total. The van der Waals surface area contributed by atoms with Gasteiger partial charge in [0.1, 0.15) is 12.1 Å². The molecule has 138 valence electrons. The topological polar surface area (TPSA) is 78.7 Å². The Balaban J connectivity index is 1.60. The molecule has 2 amide bonds. The van der Waals surface area contributed by atoms with E-state index in [0.717, 1.165) is 5.52 Å². The largest absolute Gasteiger partial charge is 0.423 e. The lowest BCUT2D eigenvalue weighted by Gasteiger charge is -2.29. The number of nitrogens with one attached hydrogen (secondary N) is 1. The third kappa shape index (κ3) is 3.23. The molecule has 1 aromatic heterocycles. The maximum Gasteiger partial charge on any atom is 0.298 e. The average Bonchev–Trinajstić information content (AvgIpc) is 3.02. The Bertz CT molecular complexity index is 980. The first-order valence-corrected chi connectivity index (χ1v) is 8.80. The van der Waals surface area contributed by atoms with E-state index in [1.165, 1.54) is 0 Å². The second-order valence-electron chi connectivity index (χ2n) is 6.70. The second-order valence-corrected chi connectivity index (χ2v) is 6.70. The number of benzene rings is 2. The van der Waals surface area contributed by atoms with Crippen molar-refractivity contribution in [3.05, 3.63) is 48.5 Å². The highest BCUT2D eigenvalue weighted by molar-refractivity contribution is 6.05. The number of aromatic nitrogens is 1. The molecule has 3 aromatic rings. The summed E-state index contributed by atoms with van der Waals surface area (Å²) in [6.45, 7) is 1.96. The molecule has 27 heavy (non-hydrogen) atoms. The van der Waals surface area contributed by atoms with E-state index in [1.54, 1.807) is 22.9 Å². The lowest BCUT2D eigenvalue weighted by Crippen LogP contribution is -2.44. The van der Waals surface area contributed by atoms with Crippen molar-refractivity contribution in [2.75, 3.05) is 28.7 Å². The van der Waals surface area contributed by atoms with Crippen LogP contribution in [0.15, 0.2) is 52.9 Å². The van der Waals surface area contributed by atoms with Gasteiger partial charge in [-0.15, -0.1) is 0 Å². The van der Waals surface area contributed by atoms with Crippen molar-refractivity contribution in [3.8, 4) is 0 Å². The third-order valence-corrected chi connectivity index (χ3v) is 4.61. The molecular formula is C20H20N4O3. The molecule has 0 saturated heterocycles. The number of hydrogen-bond donors (Lipinski definition) is 1. The highest BCUT2D eigenvalue weighted by Crippen LogP contribution is 2.31. The van der Waals surface area contributed by atoms with E-state index in [2.05, 4.69) is 10.3 Å². The summed E-state index contributed by atoms with van der Waals surface area (Å²) in [5, 5.41) is 2.86. The molecule has 0 radical (unpaired) electrons. The van der Waals surface area contributed by atoms with Gasteiger partial charge in [-0.3, -0.25) is 9.59 Å². The maximum atomic E-state index is 13.1. The van der Waals surface area contributed by atoms with Gasteiger partial charge < -0.3 is 19.5 Å². The molecule has 7 heteroatoms. The molecule has 1 aliphatic heterocycles. The van der Waals surface area contributed by atoms with Crippen LogP contribution in [-0.4, -0.2) is 36.4 Å². The van der Waals surface area contributed by atoms with Crippen LogP contribution in [0.3, 0.4) is 0 Å². The monoisotopic (exact) mass is 364 g/mol. The Morgan fingerprint density at radius 1 is 1.26 bits per heavy atom. The number of hydrogen-bond acceptors (Lipinski definition) is 5. The molecule has 0 bridgehead atoms. The van der Waals surface area contributed by atoms with Crippen LogP contribution in [-0.2, 0) is 9.59 Å². The highest BCUT2D eigenvalue weighted by atomic mass is 16.4. The van der Waals surface area contributed by atoms with E-state index in [0.29, 0.717) is 23.0 Å². The third-order valence-electron chi connectivity index (χ3n) is 4.61. The van der Waals surface area contributed by atoms with Crippen LogP contribution in [0.5, 0.6) is 0 Å². The Labute approximate surface area is 156 Å². The fraction of sp³-hybridized carbons (Fsp3) is 0.250. The number of likely N-dealkylation sites (N-methyl/N-ethyl adjacent to an activating group) is 1. The van der Waals surface area contributed by atoms with Gasteiger partial charge in [0.2, 0.25) is 11.8 Å². The van der Waals surface area contributed by atoms with Crippen molar-refractivity contribution in [3.63, 3.8) is 0 Å². The Kier molecular flexibility index (Phi) is 4.27. The van der Waals surface area contributed by atoms with Crippen LogP contribution in [0, 0.1) is 0 Å². The van der Waals surface area contributed by atoms with Crippen molar-refractivity contribution in [1.82, 2.24) is 4.98 Å². The molecule has 1 unspecified atom stereocenters. The van der Waals surface area contributed by atoms with E-state index in [9.17, 15) is 9.59 Å². The van der Waals surface area contributed by atoms with Gasteiger partial charge in [0, 0.05) is 19.5 Å². The zero-order valence-corrected chi connectivity index (χ0v) is 15.2. The Hall–Kier alpha value is -3.35. The van der Waals surface area contributed by atoms with Crippen molar-refractivity contribution in [1.29, 1.82) is 0 Å². The lowest BCUT2D eigenvalue weighted by atomic mass is 10.1. The van der Waals surface area contributed by atoms with Gasteiger partial charge in [0.05, 0.1) is 11.4 Å². The van der Waals surface area contributed by atoms with E-state index >= 15 is 0 Å². The van der Waals surface area contributed by atoms with Crippen molar-refractivity contribution in [2.45, 2.75) is 19.4 Å². The van der Waals surface area contributed by atoms with Crippen molar-refractivity contribution >= 4 is 40.3 Å². The van der Waals surface area contributed by atoms with E-state index in [4.69, 9.17) is 4.42 Å². The molecule has 2 aromatic carbocycles. The van der Waals surface area contributed by atoms with E-state index in [-0.39, 0.29) is 30.8 Å². The number of fused-ring (bicyclic) bond motifs is 2. The van der Waals surface area contributed by atoms with Gasteiger partial charge in [-0.05, 0) is 31.2 Å². The van der Waals surface area contributed by atoms with Crippen molar-refractivity contribution < 1.29 is 14.0 Å². The van der Waals surface area contributed by atoms with Gasteiger partial charge in [0.15, 0.2) is 5.58 Å². The second kappa shape index (κ2) is 6.75. The molecular weight excluding hydrogens is 344 g/mol. The van der Waals surface area contributed by atoms with E-state index < -0.39 is 0 Å². The minimum atomic E-state index is -0.252. The van der Waals surface area contributed by atoms with Gasteiger partial charge in [-0.2, -0.15) is 4.98 Å². The minimum Gasteiger partial charge on any atom is -0.423 e. The summed E-state index contributed by atoms with van der Waals surface area (Å²) in [4.78, 5) is 33.0. The SMILES string of the molecule is CC1CC(=O)Nc2ccccc2N1C(=O)CN(C)c1nc2ccccc2o1. The van der Waals surface area contributed by atoms with Crippen LogP contribution >= 0.6 is 0 Å². The van der Waals surface area contributed by atoms with Crippen LogP contribution in [0.2, 0.25) is 0 Å². The zero-order chi connectivity index (χ0) is 19.0. The van der Waals surface area contributed by atoms with Gasteiger partial charge in [-0.1, -0.05) is 24.3 Å². The molecule has 4 rings (SSSR count). The van der Waals surface area contributed by atoms with Crippen LogP contribution in [0.1, 0.15) is 13.3 Å². The first-order valence-electron chi connectivity index (χ1n) is 8.80. The Morgan fingerprint density at radius 2 is 2.00 bits per heavy atom. The number of oxazole rings is 1.